The van der Waals surface area contributed by atoms with Crippen LogP contribution in [0.5, 0.6) is 0 Å². The zero-order chi connectivity index (χ0) is 14.4. The smallest absolute Gasteiger partial charge is 0.0409 e. The average molecular weight is 295 g/mol. The third-order valence-electron chi connectivity index (χ3n) is 4.24. The summed E-state index contributed by atoms with van der Waals surface area (Å²) in [5.74, 6) is 0.889. The first-order valence-electron chi connectivity index (χ1n) is 7.87. The van der Waals surface area contributed by atoms with Crippen molar-refractivity contribution in [2.24, 2.45) is 5.92 Å². The minimum absolute atomic E-state index is 0.657. The number of rotatable bonds is 6. The summed E-state index contributed by atoms with van der Waals surface area (Å²) in [6.45, 7) is 9.04. The molecule has 0 spiro atoms. The van der Waals surface area contributed by atoms with Crippen molar-refractivity contribution in [2.45, 2.75) is 45.7 Å². The molecule has 20 heavy (non-hydrogen) atoms. The van der Waals surface area contributed by atoms with Gasteiger partial charge in [-0.2, -0.15) is 0 Å². The first-order chi connectivity index (χ1) is 9.67. The predicted molar refractivity (Wildman–Crippen MR) is 87.2 cm³/mol. The van der Waals surface area contributed by atoms with Crippen LogP contribution in [0.2, 0.25) is 5.02 Å². The van der Waals surface area contributed by atoms with Gasteiger partial charge in [0.2, 0.25) is 0 Å². The fourth-order valence-corrected chi connectivity index (χ4v) is 3.42. The molecule has 0 amide bonds. The molecule has 1 fully saturated rings. The molecule has 0 aromatic heterocycles. The molecule has 2 rings (SSSR count). The van der Waals surface area contributed by atoms with Crippen molar-refractivity contribution in [3.63, 3.8) is 0 Å². The molecule has 1 aromatic rings. The lowest BCUT2D eigenvalue weighted by atomic mass is 9.90. The molecule has 2 nitrogen and oxygen atoms in total. The maximum absolute atomic E-state index is 6.05. The number of likely N-dealkylation sites (tertiary alicyclic amines) is 1. The predicted octanol–water partition coefficient (Wildman–Crippen LogP) is 3.94. The Morgan fingerprint density at radius 3 is 2.75 bits per heavy atom. The molecule has 1 N–H and O–H groups in total. The number of benzene rings is 1. The molecule has 1 unspecified atom stereocenters. The summed E-state index contributed by atoms with van der Waals surface area (Å²) < 4.78 is 0. The van der Waals surface area contributed by atoms with E-state index in [1.54, 1.807) is 0 Å². The zero-order valence-corrected chi connectivity index (χ0v) is 13.5. The van der Waals surface area contributed by atoms with Crippen molar-refractivity contribution < 1.29 is 0 Å². The molecule has 1 saturated heterocycles. The van der Waals surface area contributed by atoms with E-state index in [0.29, 0.717) is 6.04 Å². The van der Waals surface area contributed by atoms with Crippen LogP contribution in [0.25, 0.3) is 0 Å². The second-order valence-corrected chi connectivity index (χ2v) is 6.48. The lowest BCUT2D eigenvalue weighted by Gasteiger charge is -2.33. The summed E-state index contributed by atoms with van der Waals surface area (Å²) in [5, 5.41) is 4.37. The Morgan fingerprint density at radius 1 is 1.35 bits per heavy atom. The highest BCUT2D eigenvalue weighted by molar-refractivity contribution is 6.30. The van der Waals surface area contributed by atoms with E-state index in [0.717, 1.165) is 24.0 Å². The van der Waals surface area contributed by atoms with Gasteiger partial charge in [0.15, 0.2) is 0 Å². The summed E-state index contributed by atoms with van der Waals surface area (Å²) in [4.78, 5) is 2.56. The SMILES string of the molecule is CCNC(C)CC1CCN(Cc2cccc(Cl)c2)CC1. The van der Waals surface area contributed by atoms with Gasteiger partial charge in [-0.05, 0) is 69.4 Å². The van der Waals surface area contributed by atoms with E-state index < -0.39 is 0 Å². The van der Waals surface area contributed by atoms with Crippen LogP contribution in [0.15, 0.2) is 24.3 Å². The monoisotopic (exact) mass is 294 g/mol. The largest absolute Gasteiger partial charge is 0.315 e. The van der Waals surface area contributed by atoms with E-state index >= 15 is 0 Å². The van der Waals surface area contributed by atoms with Gasteiger partial charge in [0, 0.05) is 17.6 Å². The number of halogens is 1. The van der Waals surface area contributed by atoms with Crippen molar-refractivity contribution in [3.05, 3.63) is 34.9 Å². The van der Waals surface area contributed by atoms with Crippen molar-refractivity contribution in [1.82, 2.24) is 10.2 Å². The number of nitrogens with one attached hydrogen (secondary N) is 1. The summed E-state index contributed by atoms with van der Waals surface area (Å²) in [6.07, 6.45) is 3.98. The second-order valence-electron chi connectivity index (χ2n) is 6.04. The number of nitrogens with zero attached hydrogens (tertiary/aromatic N) is 1. The van der Waals surface area contributed by atoms with E-state index in [1.807, 2.05) is 12.1 Å². The van der Waals surface area contributed by atoms with Crippen molar-refractivity contribution in [3.8, 4) is 0 Å². The minimum atomic E-state index is 0.657. The van der Waals surface area contributed by atoms with E-state index in [9.17, 15) is 0 Å². The molecule has 0 saturated carbocycles. The Hall–Kier alpha value is -0.570. The van der Waals surface area contributed by atoms with E-state index in [4.69, 9.17) is 11.6 Å². The van der Waals surface area contributed by atoms with Crippen LogP contribution < -0.4 is 5.32 Å². The van der Waals surface area contributed by atoms with Crippen molar-refractivity contribution in [1.29, 1.82) is 0 Å². The van der Waals surface area contributed by atoms with E-state index in [-0.39, 0.29) is 0 Å². The molecule has 1 aliphatic heterocycles. The van der Waals surface area contributed by atoms with Gasteiger partial charge in [0.25, 0.3) is 0 Å². The molecule has 1 atom stereocenters. The summed E-state index contributed by atoms with van der Waals surface area (Å²) in [7, 11) is 0. The van der Waals surface area contributed by atoms with Gasteiger partial charge < -0.3 is 5.32 Å². The van der Waals surface area contributed by atoms with Crippen LogP contribution in [0.3, 0.4) is 0 Å². The summed E-state index contributed by atoms with van der Waals surface area (Å²) >= 11 is 6.05. The standard InChI is InChI=1S/C17H27ClN2/c1-3-19-14(2)11-15-7-9-20(10-8-15)13-16-5-4-6-17(18)12-16/h4-6,12,14-15,19H,3,7-11,13H2,1-2H3. The van der Waals surface area contributed by atoms with Gasteiger partial charge in [-0.1, -0.05) is 30.7 Å². The Balaban J connectivity index is 1.74. The van der Waals surface area contributed by atoms with Crippen LogP contribution in [-0.4, -0.2) is 30.6 Å². The van der Waals surface area contributed by atoms with Crippen LogP contribution >= 0.6 is 11.6 Å². The fourth-order valence-electron chi connectivity index (χ4n) is 3.21. The number of hydrogen-bond acceptors (Lipinski definition) is 2. The Kier molecular flexibility index (Phi) is 6.34. The highest BCUT2D eigenvalue weighted by Gasteiger charge is 2.20. The summed E-state index contributed by atoms with van der Waals surface area (Å²) in [5.41, 5.74) is 1.33. The Morgan fingerprint density at radius 2 is 2.10 bits per heavy atom. The van der Waals surface area contributed by atoms with Gasteiger partial charge in [-0.15, -0.1) is 0 Å². The zero-order valence-electron chi connectivity index (χ0n) is 12.7. The molecule has 0 radical (unpaired) electrons. The first kappa shape index (κ1) is 15.8. The van der Waals surface area contributed by atoms with Gasteiger partial charge in [0.05, 0.1) is 0 Å². The molecular weight excluding hydrogens is 268 g/mol. The van der Waals surface area contributed by atoms with Crippen LogP contribution in [0.4, 0.5) is 0 Å². The quantitative estimate of drug-likeness (QED) is 0.855. The van der Waals surface area contributed by atoms with Crippen LogP contribution in [0, 0.1) is 5.92 Å². The molecule has 112 valence electrons. The summed E-state index contributed by atoms with van der Waals surface area (Å²) in [6, 6.07) is 8.90. The van der Waals surface area contributed by atoms with Gasteiger partial charge in [0.1, 0.15) is 0 Å². The number of hydrogen-bond donors (Lipinski definition) is 1. The van der Waals surface area contributed by atoms with E-state index in [1.165, 1.54) is 37.9 Å². The molecule has 3 heteroatoms. The molecule has 0 bridgehead atoms. The number of piperidine rings is 1. The molecular formula is C17H27ClN2. The van der Waals surface area contributed by atoms with Gasteiger partial charge >= 0.3 is 0 Å². The molecule has 1 heterocycles. The molecule has 1 aliphatic rings. The van der Waals surface area contributed by atoms with E-state index in [2.05, 4.69) is 36.2 Å². The third kappa shape index (κ3) is 5.08. The lowest BCUT2D eigenvalue weighted by molar-refractivity contribution is 0.166. The van der Waals surface area contributed by atoms with Gasteiger partial charge in [-0.25, -0.2) is 0 Å². The van der Waals surface area contributed by atoms with Crippen LogP contribution in [-0.2, 0) is 6.54 Å². The van der Waals surface area contributed by atoms with Crippen molar-refractivity contribution >= 4 is 11.6 Å². The Bertz CT molecular complexity index is 400. The molecule has 1 aromatic carbocycles. The highest BCUT2D eigenvalue weighted by atomic mass is 35.5. The first-order valence-corrected chi connectivity index (χ1v) is 8.25. The normalized spacial score (nSPS) is 19.1. The third-order valence-corrected chi connectivity index (χ3v) is 4.48. The lowest BCUT2D eigenvalue weighted by Crippen LogP contribution is -2.36. The fraction of sp³-hybridized carbons (Fsp3) is 0.647. The minimum Gasteiger partial charge on any atom is -0.315 e. The topological polar surface area (TPSA) is 15.3 Å². The highest BCUT2D eigenvalue weighted by Crippen LogP contribution is 2.23. The molecule has 0 aliphatic carbocycles. The maximum Gasteiger partial charge on any atom is 0.0409 e. The van der Waals surface area contributed by atoms with Crippen LogP contribution in [0.1, 0.15) is 38.7 Å². The maximum atomic E-state index is 6.05. The van der Waals surface area contributed by atoms with Crippen molar-refractivity contribution in [2.75, 3.05) is 19.6 Å². The van der Waals surface area contributed by atoms with Gasteiger partial charge in [-0.3, -0.25) is 4.90 Å². The Labute approximate surface area is 128 Å². The second kappa shape index (κ2) is 8.02. The average Bonchev–Trinajstić information content (AvgIpc) is 2.41.